The van der Waals surface area contributed by atoms with Crippen molar-refractivity contribution in [1.29, 1.82) is 0 Å². The molecule has 0 aliphatic carbocycles. The maximum Gasteiger partial charge on any atom is 0.126 e. The highest BCUT2D eigenvalue weighted by Gasteiger charge is 2.10. The Kier molecular flexibility index (Phi) is 3.25. The summed E-state index contributed by atoms with van der Waals surface area (Å²) in [5, 5.41) is 0. The van der Waals surface area contributed by atoms with E-state index in [1.54, 1.807) is 6.07 Å². The van der Waals surface area contributed by atoms with E-state index in [0.29, 0.717) is 12.3 Å². The maximum atomic E-state index is 12.8. The van der Waals surface area contributed by atoms with Crippen LogP contribution < -0.4 is 10.5 Å². The predicted molar refractivity (Wildman–Crippen MR) is 50.4 cm³/mol. The van der Waals surface area contributed by atoms with Crippen LogP contribution in [0.2, 0.25) is 0 Å². The fraction of sp³-hybridized carbons (Fsp3) is 0.400. The molecule has 1 aromatic carbocycles. The van der Waals surface area contributed by atoms with E-state index in [0.717, 1.165) is 5.56 Å². The Balaban J connectivity index is 3.05. The molecule has 0 aliphatic heterocycles. The fourth-order valence-electron chi connectivity index (χ4n) is 1.22. The number of halogens is 1. The summed E-state index contributed by atoms with van der Waals surface area (Å²) >= 11 is 0. The van der Waals surface area contributed by atoms with Gasteiger partial charge in [0.1, 0.15) is 11.6 Å². The fourth-order valence-corrected chi connectivity index (χ4v) is 1.22. The average Bonchev–Trinajstić information content (AvgIpc) is 2.16. The van der Waals surface area contributed by atoms with E-state index in [1.807, 2.05) is 6.92 Å². The summed E-state index contributed by atoms with van der Waals surface area (Å²) in [5.41, 5.74) is 6.47. The Morgan fingerprint density at radius 1 is 1.54 bits per heavy atom. The molecule has 0 amide bonds. The van der Waals surface area contributed by atoms with E-state index >= 15 is 0 Å². The third-order valence-electron chi connectivity index (χ3n) is 2.08. The molecule has 0 spiro atoms. The van der Waals surface area contributed by atoms with E-state index in [1.165, 1.54) is 19.2 Å². The van der Waals surface area contributed by atoms with Gasteiger partial charge in [-0.05, 0) is 24.1 Å². The molecule has 0 saturated heterocycles. The molecule has 1 rings (SSSR count). The van der Waals surface area contributed by atoms with Crippen molar-refractivity contribution in [2.45, 2.75) is 12.8 Å². The van der Waals surface area contributed by atoms with Crippen LogP contribution in [0.1, 0.15) is 18.4 Å². The van der Waals surface area contributed by atoms with Gasteiger partial charge in [0.15, 0.2) is 0 Å². The van der Waals surface area contributed by atoms with Crippen LogP contribution in [0.4, 0.5) is 4.39 Å². The van der Waals surface area contributed by atoms with Crippen molar-refractivity contribution in [2.75, 3.05) is 13.7 Å². The van der Waals surface area contributed by atoms with Crippen LogP contribution >= 0.6 is 0 Å². The van der Waals surface area contributed by atoms with Gasteiger partial charge in [-0.25, -0.2) is 4.39 Å². The molecule has 0 radical (unpaired) electrons. The SMILES string of the molecule is COc1cc(F)ccc1C(C)CN. The van der Waals surface area contributed by atoms with Gasteiger partial charge < -0.3 is 10.5 Å². The van der Waals surface area contributed by atoms with Crippen molar-refractivity contribution in [3.05, 3.63) is 29.6 Å². The molecule has 72 valence electrons. The zero-order valence-electron chi connectivity index (χ0n) is 7.88. The molecule has 1 aromatic rings. The lowest BCUT2D eigenvalue weighted by atomic mass is 10.0. The van der Waals surface area contributed by atoms with Crippen LogP contribution in [-0.4, -0.2) is 13.7 Å². The van der Waals surface area contributed by atoms with Gasteiger partial charge in [0.25, 0.3) is 0 Å². The Hall–Kier alpha value is -1.09. The molecule has 0 fully saturated rings. The zero-order valence-corrected chi connectivity index (χ0v) is 7.88. The zero-order chi connectivity index (χ0) is 9.84. The van der Waals surface area contributed by atoms with E-state index in [9.17, 15) is 4.39 Å². The summed E-state index contributed by atoms with van der Waals surface area (Å²) < 4.78 is 17.8. The number of ether oxygens (including phenoxy) is 1. The van der Waals surface area contributed by atoms with Crippen molar-refractivity contribution in [1.82, 2.24) is 0 Å². The first-order chi connectivity index (χ1) is 6.19. The van der Waals surface area contributed by atoms with Crippen molar-refractivity contribution in [2.24, 2.45) is 5.73 Å². The normalized spacial score (nSPS) is 12.6. The summed E-state index contributed by atoms with van der Waals surface area (Å²) in [5.74, 6) is 0.471. The standard InChI is InChI=1S/C10H14FNO/c1-7(6-12)9-4-3-8(11)5-10(9)13-2/h3-5,7H,6,12H2,1-2H3. The minimum absolute atomic E-state index is 0.190. The van der Waals surface area contributed by atoms with Gasteiger partial charge in [0.2, 0.25) is 0 Å². The van der Waals surface area contributed by atoms with Crippen LogP contribution in [0.25, 0.3) is 0 Å². The van der Waals surface area contributed by atoms with Gasteiger partial charge in [0.05, 0.1) is 7.11 Å². The minimum Gasteiger partial charge on any atom is -0.496 e. The topological polar surface area (TPSA) is 35.2 Å². The van der Waals surface area contributed by atoms with E-state index in [2.05, 4.69) is 0 Å². The molecule has 0 aromatic heterocycles. The first-order valence-corrected chi connectivity index (χ1v) is 4.22. The number of hydrogen-bond donors (Lipinski definition) is 1. The molecule has 0 heterocycles. The monoisotopic (exact) mass is 183 g/mol. The van der Waals surface area contributed by atoms with Crippen molar-refractivity contribution in [3.63, 3.8) is 0 Å². The summed E-state index contributed by atoms with van der Waals surface area (Å²) in [4.78, 5) is 0. The van der Waals surface area contributed by atoms with Crippen molar-refractivity contribution in [3.8, 4) is 5.75 Å². The first-order valence-electron chi connectivity index (χ1n) is 4.22. The van der Waals surface area contributed by atoms with Crippen molar-refractivity contribution < 1.29 is 9.13 Å². The predicted octanol–water partition coefficient (Wildman–Crippen LogP) is 1.90. The molecule has 1 atom stereocenters. The maximum absolute atomic E-state index is 12.8. The molecule has 0 bridgehead atoms. The first kappa shape index (κ1) is 9.99. The molecule has 1 unspecified atom stereocenters. The van der Waals surface area contributed by atoms with Crippen LogP contribution in [0.3, 0.4) is 0 Å². The van der Waals surface area contributed by atoms with E-state index in [4.69, 9.17) is 10.5 Å². The highest BCUT2D eigenvalue weighted by Crippen LogP contribution is 2.26. The highest BCUT2D eigenvalue weighted by atomic mass is 19.1. The number of rotatable bonds is 3. The largest absolute Gasteiger partial charge is 0.496 e. The lowest BCUT2D eigenvalue weighted by Gasteiger charge is -2.13. The van der Waals surface area contributed by atoms with Gasteiger partial charge in [-0.2, -0.15) is 0 Å². The quantitative estimate of drug-likeness (QED) is 0.776. The minimum atomic E-state index is -0.287. The number of hydrogen-bond acceptors (Lipinski definition) is 2. The number of nitrogens with two attached hydrogens (primary N) is 1. The van der Waals surface area contributed by atoms with Crippen LogP contribution in [0.15, 0.2) is 18.2 Å². The molecular weight excluding hydrogens is 169 g/mol. The van der Waals surface area contributed by atoms with Gasteiger partial charge in [-0.15, -0.1) is 0 Å². The molecule has 0 aliphatic rings. The van der Waals surface area contributed by atoms with Gasteiger partial charge in [-0.3, -0.25) is 0 Å². The third kappa shape index (κ3) is 2.18. The summed E-state index contributed by atoms with van der Waals surface area (Å²) in [7, 11) is 1.53. The lowest BCUT2D eigenvalue weighted by Crippen LogP contribution is -2.10. The second-order valence-electron chi connectivity index (χ2n) is 3.02. The summed E-state index contributed by atoms with van der Waals surface area (Å²) in [6.45, 7) is 2.51. The van der Waals surface area contributed by atoms with E-state index in [-0.39, 0.29) is 11.7 Å². The van der Waals surface area contributed by atoms with Crippen molar-refractivity contribution >= 4 is 0 Å². The Morgan fingerprint density at radius 2 is 2.23 bits per heavy atom. The van der Waals surface area contributed by atoms with E-state index < -0.39 is 0 Å². The molecule has 13 heavy (non-hydrogen) atoms. The molecule has 2 nitrogen and oxygen atoms in total. The lowest BCUT2D eigenvalue weighted by molar-refractivity contribution is 0.403. The van der Waals surface area contributed by atoms with Crippen LogP contribution in [-0.2, 0) is 0 Å². The third-order valence-corrected chi connectivity index (χ3v) is 2.08. The summed E-state index contributed by atoms with van der Waals surface area (Å²) in [6.07, 6.45) is 0. The molecular formula is C10H14FNO. The van der Waals surface area contributed by atoms with Gasteiger partial charge in [-0.1, -0.05) is 13.0 Å². The highest BCUT2D eigenvalue weighted by molar-refractivity contribution is 5.36. The molecule has 2 N–H and O–H groups in total. The second kappa shape index (κ2) is 4.23. The Morgan fingerprint density at radius 3 is 2.77 bits per heavy atom. The molecule has 3 heteroatoms. The van der Waals surface area contributed by atoms with Gasteiger partial charge >= 0.3 is 0 Å². The second-order valence-corrected chi connectivity index (χ2v) is 3.02. The van der Waals surface area contributed by atoms with Crippen LogP contribution in [0.5, 0.6) is 5.75 Å². The number of methoxy groups -OCH3 is 1. The van der Waals surface area contributed by atoms with Crippen LogP contribution in [0, 0.1) is 5.82 Å². The van der Waals surface area contributed by atoms with Gasteiger partial charge in [0, 0.05) is 6.07 Å². The summed E-state index contributed by atoms with van der Waals surface area (Å²) in [6, 6.07) is 4.51. The number of benzene rings is 1. The Bertz CT molecular complexity index is 288. The average molecular weight is 183 g/mol. The molecule has 0 saturated carbocycles. The smallest absolute Gasteiger partial charge is 0.126 e. The Labute approximate surface area is 77.5 Å².